The van der Waals surface area contributed by atoms with Gasteiger partial charge in [0.15, 0.2) is 0 Å². The van der Waals surface area contributed by atoms with Crippen molar-refractivity contribution < 1.29 is 14.4 Å². The SMILES string of the molecule is O=C(O)CC1(c2ccc3conc3c2)CC1. The van der Waals surface area contributed by atoms with E-state index in [1.807, 2.05) is 18.2 Å². The minimum Gasteiger partial charge on any atom is -0.481 e. The molecule has 0 spiro atoms. The van der Waals surface area contributed by atoms with Crippen LogP contribution in [-0.4, -0.2) is 16.2 Å². The second-order valence-electron chi connectivity index (χ2n) is 4.44. The van der Waals surface area contributed by atoms with E-state index < -0.39 is 5.97 Å². The van der Waals surface area contributed by atoms with Gasteiger partial charge in [0, 0.05) is 10.8 Å². The lowest BCUT2D eigenvalue weighted by Gasteiger charge is -2.12. The van der Waals surface area contributed by atoms with Gasteiger partial charge >= 0.3 is 5.97 Å². The zero-order valence-electron chi connectivity index (χ0n) is 8.64. The summed E-state index contributed by atoms with van der Waals surface area (Å²) in [6, 6.07) is 5.85. The number of carboxylic acids is 1. The Morgan fingerprint density at radius 3 is 3.00 bits per heavy atom. The molecule has 1 saturated carbocycles. The topological polar surface area (TPSA) is 63.3 Å². The summed E-state index contributed by atoms with van der Waals surface area (Å²) in [6.07, 6.45) is 3.69. The first kappa shape index (κ1) is 9.39. The molecule has 1 aromatic carbocycles. The Hall–Kier alpha value is -1.84. The molecule has 16 heavy (non-hydrogen) atoms. The van der Waals surface area contributed by atoms with E-state index in [9.17, 15) is 4.79 Å². The Balaban J connectivity index is 2.02. The summed E-state index contributed by atoms with van der Waals surface area (Å²) in [5, 5.41) is 13.7. The maximum absolute atomic E-state index is 10.8. The molecule has 4 heteroatoms. The highest BCUT2D eigenvalue weighted by Crippen LogP contribution is 2.51. The van der Waals surface area contributed by atoms with Crippen LogP contribution >= 0.6 is 0 Å². The number of rotatable bonds is 3. The highest BCUT2D eigenvalue weighted by atomic mass is 16.5. The van der Waals surface area contributed by atoms with Crippen molar-refractivity contribution in [2.24, 2.45) is 0 Å². The molecule has 0 saturated heterocycles. The van der Waals surface area contributed by atoms with Crippen LogP contribution in [0.3, 0.4) is 0 Å². The van der Waals surface area contributed by atoms with E-state index in [1.165, 1.54) is 0 Å². The van der Waals surface area contributed by atoms with Crippen LogP contribution in [0.1, 0.15) is 24.8 Å². The lowest BCUT2D eigenvalue weighted by atomic mass is 9.92. The van der Waals surface area contributed by atoms with E-state index in [1.54, 1.807) is 6.26 Å². The zero-order valence-corrected chi connectivity index (χ0v) is 8.64. The summed E-state index contributed by atoms with van der Waals surface area (Å²) >= 11 is 0. The number of hydrogen-bond donors (Lipinski definition) is 1. The summed E-state index contributed by atoms with van der Waals surface area (Å²) in [4.78, 5) is 10.8. The van der Waals surface area contributed by atoms with Crippen LogP contribution in [0.15, 0.2) is 29.0 Å². The maximum Gasteiger partial charge on any atom is 0.304 e. The smallest absolute Gasteiger partial charge is 0.304 e. The molecule has 1 aliphatic rings. The summed E-state index contributed by atoms with van der Waals surface area (Å²) < 4.78 is 4.87. The predicted octanol–water partition coefficient (Wildman–Crippen LogP) is 2.33. The Morgan fingerprint density at radius 1 is 1.50 bits per heavy atom. The Morgan fingerprint density at radius 2 is 2.31 bits per heavy atom. The summed E-state index contributed by atoms with van der Waals surface area (Å²) in [5.41, 5.74) is 1.71. The number of carboxylic acid groups (broad SMARTS) is 1. The monoisotopic (exact) mass is 217 g/mol. The number of aliphatic carboxylic acids is 1. The largest absolute Gasteiger partial charge is 0.481 e. The molecule has 1 aromatic heterocycles. The predicted molar refractivity (Wildman–Crippen MR) is 57.2 cm³/mol. The lowest BCUT2D eigenvalue weighted by molar-refractivity contribution is -0.137. The zero-order chi connectivity index (χ0) is 11.2. The van der Waals surface area contributed by atoms with Crippen LogP contribution in [0.25, 0.3) is 10.9 Å². The van der Waals surface area contributed by atoms with Gasteiger partial charge in [-0.2, -0.15) is 0 Å². The van der Waals surface area contributed by atoms with E-state index in [0.29, 0.717) is 0 Å². The number of fused-ring (bicyclic) bond motifs is 1. The van der Waals surface area contributed by atoms with Crippen molar-refractivity contribution in [1.29, 1.82) is 0 Å². The van der Waals surface area contributed by atoms with Crippen molar-refractivity contribution in [3.8, 4) is 0 Å². The van der Waals surface area contributed by atoms with E-state index >= 15 is 0 Å². The molecule has 1 fully saturated rings. The molecule has 0 unspecified atom stereocenters. The van der Waals surface area contributed by atoms with Crippen LogP contribution in [0.4, 0.5) is 0 Å². The van der Waals surface area contributed by atoms with Gasteiger partial charge in [-0.05, 0) is 30.5 Å². The Kier molecular flexibility index (Phi) is 1.80. The van der Waals surface area contributed by atoms with Crippen LogP contribution in [0.5, 0.6) is 0 Å². The van der Waals surface area contributed by atoms with Crippen molar-refractivity contribution in [3.05, 3.63) is 30.0 Å². The van der Waals surface area contributed by atoms with Crippen molar-refractivity contribution in [3.63, 3.8) is 0 Å². The highest BCUT2D eigenvalue weighted by molar-refractivity contribution is 5.79. The summed E-state index contributed by atoms with van der Waals surface area (Å²) in [5.74, 6) is -0.738. The minimum atomic E-state index is -0.738. The molecule has 0 aliphatic heterocycles. The van der Waals surface area contributed by atoms with Crippen LogP contribution in [0, 0.1) is 0 Å². The first-order valence-corrected chi connectivity index (χ1v) is 5.26. The molecule has 82 valence electrons. The molecule has 1 N–H and O–H groups in total. The second-order valence-corrected chi connectivity index (χ2v) is 4.44. The number of hydrogen-bond acceptors (Lipinski definition) is 3. The van der Waals surface area contributed by atoms with Crippen molar-refractivity contribution in [1.82, 2.24) is 5.16 Å². The third-order valence-corrected chi connectivity index (χ3v) is 3.32. The molecule has 3 rings (SSSR count). The van der Waals surface area contributed by atoms with E-state index in [4.69, 9.17) is 9.63 Å². The molecule has 0 bridgehead atoms. The van der Waals surface area contributed by atoms with Crippen molar-refractivity contribution in [2.75, 3.05) is 0 Å². The van der Waals surface area contributed by atoms with E-state index in [0.717, 1.165) is 29.3 Å². The molecule has 4 nitrogen and oxygen atoms in total. The normalized spacial score (nSPS) is 17.5. The maximum atomic E-state index is 10.8. The van der Waals surface area contributed by atoms with Crippen molar-refractivity contribution >= 4 is 16.9 Å². The van der Waals surface area contributed by atoms with Crippen LogP contribution in [-0.2, 0) is 10.2 Å². The van der Waals surface area contributed by atoms with Gasteiger partial charge in [-0.15, -0.1) is 0 Å². The molecular weight excluding hydrogens is 206 g/mol. The first-order valence-electron chi connectivity index (χ1n) is 5.26. The average molecular weight is 217 g/mol. The third kappa shape index (κ3) is 1.38. The highest BCUT2D eigenvalue weighted by Gasteiger charge is 2.46. The molecule has 0 atom stereocenters. The Labute approximate surface area is 91.9 Å². The summed E-state index contributed by atoms with van der Waals surface area (Å²) in [7, 11) is 0. The first-order chi connectivity index (χ1) is 7.70. The molecule has 1 aliphatic carbocycles. The molecule has 2 aromatic rings. The van der Waals surface area contributed by atoms with E-state index in [-0.39, 0.29) is 11.8 Å². The quantitative estimate of drug-likeness (QED) is 0.857. The number of nitrogens with zero attached hydrogens (tertiary/aromatic N) is 1. The number of carbonyl (C=O) groups is 1. The molecule has 1 heterocycles. The van der Waals surface area contributed by atoms with Crippen LogP contribution in [0.2, 0.25) is 0 Å². The lowest BCUT2D eigenvalue weighted by Crippen LogP contribution is -2.12. The van der Waals surface area contributed by atoms with E-state index in [2.05, 4.69) is 5.16 Å². The Bertz CT molecular complexity index is 554. The average Bonchev–Trinajstić information content (AvgIpc) is 2.87. The standard InChI is InChI=1S/C12H11NO3/c14-11(15)6-12(3-4-12)9-2-1-8-7-16-13-10(8)5-9/h1-2,5,7H,3-4,6H2,(H,14,15). The minimum absolute atomic E-state index is 0.154. The van der Waals surface area contributed by atoms with Gasteiger partial charge in [0.25, 0.3) is 0 Å². The van der Waals surface area contributed by atoms with Crippen molar-refractivity contribution in [2.45, 2.75) is 24.7 Å². The van der Waals surface area contributed by atoms with Gasteiger partial charge in [0.05, 0.1) is 6.42 Å². The van der Waals surface area contributed by atoms with Gasteiger partial charge < -0.3 is 9.63 Å². The van der Waals surface area contributed by atoms with Gasteiger partial charge in [0.2, 0.25) is 0 Å². The van der Waals surface area contributed by atoms with Gasteiger partial charge in [-0.1, -0.05) is 11.2 Å². The van der Waals surface area contributed by atoms with Gasteiger partial charge in [-0.25, -0.2) is 0 Å². The number of benzene rings is 1. The molecule has 0 amide bonds. The van der Waals surface area contributed by atoms with Gasteiger partial charge in [-0.3, -0.25) is 4.79 Å². The fraction of sp³-hybridized carbons (Fsp3) is 0.333. The van der Waals surface area contributed by atoms with Crippen LogP contribution < -0.4 is 0 Å². The fourth-order valence-electron chi connectivity index (χ4n) is 2.20. The third-order valence-electron chi connectivity index (χ3n) is 3.32. The fourth-order valence-corrected chi connectivity index (χ4v) is 2.20. The van der Waals surface area contributed by atoms with Gasteiger partial charge in [0.1, 0.15) is 11.8 Å². The molecular formula is C12H11NO3. The molecule has 0 radical (unpaired) electrons. The number of aromatic nitrogens is 1. The summed E-state index contributed by atoms with van der Waals surface area (Å²) in [6.45, 7) is 0. The second kappa shape index (κ2) is 3.07.